The van der Waals surface area contributed by atoms with E-state index in [9.17, 15) is 4.79 Å². The number of carbonyl (C=O) groups is 1. The molecule has 1 unspecified atom stereocenters. The van der Waals surface area contributed by atoms with E-state index in [1.54, 1.807) is 0 Å². The molecule has 4 heteroatoms. The van der Waals surface area contributed by atoms with Gasteiger partial charge in [-0.05, 0) is 46.7 Å². The Morgan fingerprint density at radius 1 is 1.39 bits per heavy atom. The van der Waals surface area contributed by atoms with E-state index in [0.717, 1.165) is 48.7 Å². The molecule has 0 bridgehead atoms. The van der Waals surface area contributed by atoms with Crippen LogP contribution in [0, 0.1) is 26.7 Å². The van der Waals surface area contributed by atoms with Crippen molar-refractivity contribution in [2.75, 3.05) is 26.7 Å². The lowest BCUT2D eigenvalue weighted by atomic mass is 10.1. The quantitative estimate of drug-likeness (QED) is 0.891. The predicted molar refractivity (Wildman–Crippen MR) is 70.9 cm³/mol. The fraction of sp³-hybridized carbons (Fsp3) is 0.643. The summed E-state index contributed by atoms with van der Waals surface area (Å²) in [6, 6.07) is 0. The minimum absolute atomic E-state index is 0.125. The van der Waals surface area contributed by atoms with Crippen molar-refractivity contribution in [3.63, 3.8) is 0 Å². The molecule has 1 aliphatic rings. The van der Waals surface area contributed by atoms with Crippen molar-refractivity contribution < 1.29 is 9.21 Å². The van der Waals surface area contributed by atoms with Crippen LogP contribution in [-0.2, 0) is 0 Å². The number of rotatable bonds is 3. The monoisotopic (exact) mass is 250 g/mol. The molecule has 100 valence electrons. The number of nitrogens with zero attached hydrogens (tertiary/aromatic N) is 1. The zero-order valence-electron chi connectivity index (χ0n) is 11.7. The largest absolute Gasteiger partial charge is 0.466 e. The van der Waals surface area contributed by atoms with Gasteiger partial charge in [0.1, 0.15) is 11.5 Å². The summed E-state index contributed by atoms with van der Waals surface area (Å²) in [5.74, 6) is 2.29. The van der Waals surface area contributed by atoms with Crippen molar-refractivity contribution in [3.05, 3.63) is 22.6 Å². The van der Waals surface area contributed by atoms with Gasteiger partial charge in [0.25, 0.3) is 5.91 Å². The lowest BCUT2D eigenvalue weighted by Crippen LogP contribution is -2.30. The Morgan fingerprint density at radius 3 is 2.67 bits per heavy atom. The van der Waals surface area contributed by atoms with Crippen molar-refractivity contribution in [2.24, 2.45) is 5.92 Å². The van der Waals surface area contributed by atoms with Gasteiger partial charge in [0.15, 0.2) is 0 Å². The molecule has 1 amide bonds. The Kier molecular flexibility index (Phi) is 3.76. The van der Waals surface area contributed by atoms with Crippen LogP contribution >= 0.6 is 0 Å². The van der Waals surface area contributed by atoms with E-state index < -0.39 is 0 Å². The van der Waals surface area contributed by atoms with Crippen LogP contribution in [0.25, 0.3) is 0 Å². The standard InChI is InChI=1S/C14H22N2O2/c1-9-10(2)18-11(3)13(9)14(17)16-6-5-12(8-16)7-15-4/h12,15H,5-8H2,1-4H3. The van der Waals surface area contributed by atoms with Crippen LogP contribution in [0.2, 0.25) is 0 Å². The SMILES string of the molecule is CNCC1CCN(C(=O)c2c(C)oc(C)c2C)C1. The molecule has 1 fully saturated rings. The number of furan rings is 1. The molecule has 1 atom stereocenters. The smallest absolute Gasteiger partial charge is 0.257 e. The molecular weight excluding hydrogens is 228 g/mol. The summed E-state index contributed by atoms with van der Waals surface area (Å²) < 4.78 is 5.54. The van der Waals surface area contributed by atoms with E-state index in [1.165, 1.54) is 0 Å². The van der Waals surface area contributed by atoms with Gasteiger partial charge in [-0.1, -0.05) is 0 Å². The van der Waals surface area contributed by atoms with Crippen molar-refractivity contribution in [3.8, 4) is 0 Å². The second-order valence-corrected chi connectivity index (χ2v) is 5.18. The van der Waals surface area contributed by atoms with Crippen LogP contribution in [0.3, 0.4) is 0 Å². The molecule has 1 saturated heterocycles. The summed E-state index contributed by atoms with van der Waals surface area (Å²) in [6.07, 6.45) is 1.08. The van der Waals surface area contributed by atoms with E-state index in [0.29, 0.717) is 5.92 Å². The molecule has 1 aromatic rings. The Hall–Kier alpha value is -1.29. The average molecular weight is 250 g/mol. The van der Waals surface area contributed by atoms with Gasteiger partial charge in [0.05, 0.1) is 5.56 Å². The number of amides is 1. The van der Waals surface area contributed by atoms with E-state index in [1.807, 2.05) is 32.7 Å². The van der Waals surface area contributed by atoms with Gasteiger partial charge < -0.3 is 14.6 Å². The van der Waals surface area contributed by atoms with Crippen molar-refractivity contribution in [1.29, 1.82) is 0 Å². The predicted octanol–water partition coefficient (Wildman–Crippen LogP) is 1.89. The molecule has 4 nitrogen and oxygen atoms in total. The Morgan fingerprint density at radius 2 is 2.11 bits per heavy atom. The normalized spacial score (nSPS) is 19.6. The van der Waals surface area contributed by atoms with Crippen LogP contribution in [0.5, 0.6) is 0 Å². The molecule has 18 heavy (non-hydrogen) atoms. The minimum Gasteiger partial charge on any atom is -0.466 e. The molecule has 2 heterocycles. The summed E-state index contributed by atoms with van der Waals surface area (Å²) in [4.78, 5) is 14.4. The third-order valence-corrected chi connectivity index (χ3v) is 3.84. The number of carbonyl (C=O) groups excluding carboxylic acids is 1. The third-order valence-electron chi connectivity index (χ3n) is 3.84. The Labute approximate surface area is 108 Å². The number of hydrogen-bond donors (Lipinski definition) is 1. The molecule has 0 aliphatic carbocycles. The first kappa shape index (κ1) is 13.1. The molecule has 1 aliphatic heterocycles. The first-order valence-electron chi connectivity index (χ1n) is 6.55. The summed E-state index contributed by atoms with van der Waals surface area (Å²) >= 11 is 0. The first-order valence-corrected chi connectivity index (χ1v) is 6.55. The second kappa shape index (κ2) is 5.14. The van der Waals surface area contributed by atoms with Gasteiger partial charge in [-0.15, -0.1) is 0 Å². The molecule has 0 aromatic carbocycles. The van der Waals surface area contributed by atoms with Crippen LogP contribution < -0.4 is 5.32 Å². The maximum absolute atomic E-state index is 12.5. The van der Waals surface area contributed by atoms with Crippen molar-refractivity contribution >= 4 is 5.91 Å². The maximum Gasteiger partial charge on any atom is 0.257 e. The van der Waals surface area contributed by atoms with Crippen LogP contribution in [0.1, 0.15) is 33.9 Å². The van der Waals surface area contributed by atoms with Gasteiger partial charge in [0.2, 0.25) is 0 Å². The number of nitrogens with one attached hydrogen (secondary N) is 1. The molecule has 1 aromatic heterocycles. The molecule has 1 N–H and O–H groups in total. The number of aryl methyl sites for hydroxylation is 2. The van der Waals surface area contributed by atoms with Gasteiger partial charge >= 0.3 is 0 Å². The summed E-state index contributed by atoms with van der Waals surface area (Å²) in [5, 5.41) is 3.18. The zero-order chi connectivity index (χ0) is 13.3. The average Bonchev–Trinajstić information content (AvgIpc) is 2.86. The molecule has 2 rings (SSSR count). The Balaban J connectivity index is 2.13. The summed E-state index contributed by atoms with van der Waals surface area (Å²) in [7, 11) is 1.96. The number of likely N-dealkylation sites (tertiary alicyclic amines) is 1. The van der Waals surface area contributed by atoms with Crippen LogP contribution in [0.15, 0.2) is 4.42 Å². The molecule has 0 saturated carbocycles. The van der Waals surface area contributed by atoms with E-state index in [4.69, 9.17) is 4.42 Å². The van der Waals surface area contributed by atoms with Crippen LogP contribution in [-0.4, -0.2) is 37.5 Å². The van der Waals surface area contributed by atoms with Gasteiger partial charge in [0, 0.05) is 18.7 Å². The van der Waals surface area contributed by atoms with Gasteiger partial charge in [-0.25, -0.2) is 0 Å². The third kappa shape index (κ3) is 2.29. The van der Waals surface area contributed by atoms with Gasteiger partial charge in [-0.3, -0.25) is 4.79 Å². The van der Waals surface area contributed by atoms with Crippen LogP contribution in [0.4, 0.5) is 0 Å². The highest BCUT2D eigenvalue weighted by atomic mass is 16.3. The van der Waals surface area contributed by atoms with E-state index >= 15 is 0 Å². The van der Waals surface area contributed by atoms with Gasteiger partial charge in [-0.2, -0.15) is 0 Å². The highest BCUT2D eigenvalue weighted by Crippen LogP contribution is 2.25. The number of hydrogen-bond acceptors (Lipinski definition) is 3. The highest BCUT2D eigenvalue weighted by Gasteiger charge is 2.29. The molecular formula is C14H22N2O2. The van der Waals surface area contributed by atoms with E-state index in [2.05, 4.69) is 5.32 Å². The fourth-order valence-corrected chi connectivity index (χ4v) is 2.74. The lowest BCUT2D eigenvalue weighted by molar-refractivity contribution is 0.0785. The first-order chi connectivity index (χ1) is 8.54. The summed E-state index contributed by atoms with van der Waals surface area (Å²) in [6.45, 7) is 8.42. The topological polar surface area (TPSA) is 45.5 Å². The second-order valence-electron chi connectivity index (χ2n) is 5.18. The molecule has 0 spiro atoms. The van der Waals surface area contributed by atoms with Crippen molar-refractivity contribution in [2.45, 2.75) is 27.2 Å². The van der Waals surface area contributed by atoms with E-state index in [-0.39, 0.29) is 5.91 Å². The van der Waals surface area contributed by atoms with Crippen molar-refractivity contribution in [1.82, 2.24) is 10.2 Å². The molecule has 0 radical (unpaired) electrons. The zero-order valence-corrected chi connectivity index (χ0v) is 11.7. The maximum atomic E-state index is 12.5. The lowest BCUT2D eigenvalue weighted by Gasteiger charge is -2.16. The fourth-order valence-electron chi connectivity index (χ4n) is 2.74. The Bertz CT molecular complexity index is 451. The summed E-state index contributed by atoms with van der Waals surface area (Å²) in [5.41, 5.74) is 1.74. The minimum atomic E-state index is 0.125. The highest BCUT2D eigenvalue weighted by molar-refractivity contribution is 5.97.